The Balaban J connectivity index is 1.55. The van der Waals surface area contributed by atoms with Crippen LogP contribution in [0.1, 0.15) is 34.6 Å². The first-order valence-corrected chi connectivity index (χ1v) is 12.8. The van der Waals surface area contributed by atoms with Gasteiger partial charge in [-0.15, -0.1) is 0 Å². The fraction of sp³-hybridized carbons (Fsp3) is 0.480. The second kappa shape index (κ2) is 6.83. The van der Waals surface area contributed by atoms with Gasteiger partial charge >= 0.3 is 0 Å². The van der Waals surface area contributed by atoms with Gasteiger partial charge in [0.1, 0.15) is 6.10 Å². The van der Waals surface area contributed by atoms with E-state index in [1.807, 2.05) is 26.0 Å². The van der Waals surface area contributed by atoms with E-state index in [4.69, 9.17) is 18.6 Å². The molecule has 2 aromatic rings. The van der Waals surface area contributed by atoms with Gasteiger partial charge in [-0.25, -0.2) is 0 Å². The molecule has 2 aromatic carbocycles. The minimum absolute atomic E-state index is 0.0263. The van der Waals surface area contributed by atoms with E-state index >= 15 is 0 Å². The van der Waals surface area contributed by atoms with Crippen LogP contribution < -0.4 is 10.4 Å². The number of Topliss-reactive ketones (excluding diaryl/α,β-unsaturated/α-hetero) is 1. The SMILES string of the molecule is CC1(C)OC2C(=O)C3OC3(CO[Si](c3ccccc3)(c3ccccc3)C(C)(C)C)[C@H]2O1. The first-order chi connectivity index (χ1) is 14.6. The summed E-state index contributed by atoms with van der Waals surface area (Å²) in [6.45, 7) is 10.7. The fourth-order valence-electron chi connectivity index (χ4n) is 5.35. The number of ether oxygens (including phenoxy) is 3. The number of ketones is 1. The van der Waals surface area contributed by atoms with Gasteiger partial charge in [-0.3, -0.25) is 4.79 Å². The highest BCUT2D eigenvalue weighted by Crippen LogP contribution is 2.55. The van der Waals surface area contributed by atoms with Crippen LogP contribution in [0.25, 0.3) is 0 Å². The van der Waals surface area contributed by atoms with Crippen LogP contribution in [-0.2, 0) is 23.4 Å². The number of carbonyl (C=O) groups excluding carboxylic acids is 1. The van der Waals surface area contributed by atoms with E-state index in [-0.39, 0.29) is 10.8 Å². The Labute approximate surface area is 184 Å². The molecule has 2 heterocycles. The Morgan fingerprint density at radius 2 is 1.45 bits per heavy atom. The second-order valence-corrected chi connectivity index (χ2v) is 14.6. The monoisotopic (exact) mass is 438 g/mol. The number of benzene rings is 2. The Morgan fingerprint density at radius 3 is 1.97 bits per heavy atom. The van der Waals surface area contributed by atoms with Gasteiger partial charge in [-0.1, -0.05) is 81.4 Å². The predicted octanol–water partition coefficient (Wildman–Crippen LogP) is 2.80. The van der Waals surface area contributed by atoms with Crippen LogP contribution >= 0.6 is 0 Å². The summed E-state index contributed by atoms with van der Waals surface area (Å²) in [7, 11) is -2.73. The largest absolute Gasteiger partial charge is 0.404 e. The molecule has 0 spiro atoms. The molecule has 4 atom stereocenters. The van der Waals surface area contributed by atoms with Gasteiger partial charge in [-0.05, 0) is 29.3 Å². The van der Waals surface area contributed by atoms with E-state index in [2.05, 4.69) is 69.3 Å². The molecule has 1 saturated carbocycles. The van der Waals surface area contributed by atoms with E-state index in [1.165, 1.54) is 10.4 Å². The molecule has 3 fully saturated rings. The van der Waals surface area contributed by atoms with Crippen LogP contribution in [0.4, 0.5) is 0 Å². The van der Waals surface area contributed by atoms with Crippen LogP contribution in [0.15, 0.2) is 60.7 Å². The number of epoxide rings is 1. The van der Waals surface area contributed by atoms with Crippen molar-refractivity contribution in [2.75, 3.05) is 6.61 Å². The van der Waals surface area contributed by atoms with Gasteiger partial charge in [-0.2, -0.15) is 0 Å². The van der Waals surface area contributed by atoms with Gasteiger partial charge in [0, 0.05) is 0 Å². The summed E-state index contributed by atoms with van der Waals surface area (Å²) in [5.41, 5.74) is -0.761. The minimum Gasteiger partial charge on any atom is -0.404 e. The van der Waals surface area contributed by atoms with Crippen LogP contribution in [-0.4, -0.2) is 50.4 Å². The topological polar surface area (TPSA) is 57.3 Å². The maximum absolute atomic E-state index is 12.8. The quantitative estimate of drug-likeness (QED) is 0.531. The third-order valence-corrected chi connectivity index (χ3v) is 11.8. The van der Waals surface area contributed by atoms with Crippen molar-refractivity contribution in [2.45, 2.75) is 69.4 Å². The summed E-state index contributed by atoms with van der Waals surface area (Å²) in [5.74, 6) is -0.826. The fourth-order valence-corrected chi connectivity index (χ4v) is 9.95. The Morgan fingerprint density at radius 1 is 0.903 bits per heavy atom. The number of hydrogen-bond acceptors (Lipinski definition) is 5. The standard InChI is InChI=1S/C25H30O5Si/c1-23(2,3)31(17-12-8-6-9-13-17,18-14-10-7-11-15-18)27-16-25-21(30-25)19(26)20-22(25)29-24(4,5)28-20/h6-15,20-22H,16H2,1-5H3/t20?,21?,22-,25?/m0/s1. The summed E-state index contributed by atoms with van der Waals surface area (Å²) in [4.78, 5) is 12.8. The van der Waals surface area contributed by atoms with Gasteiger partial charge < -0.3 is 18.6 Å². The zero-order valence-corrected chi connectivity index (χ0v) is 19.8. The lowest BCUT2D eigenvalue weighted by Crippen LogP contribution is -2.67. The summed E-state index contributed by atoms with van der Waals surface area (Å²) < 4.78 is 25.0. The van der Waals surface area contributed by atoms with Gasteiger partial charge in [0.25, 0.3) is 8.32 Å². The summed E-state index contributed by atoms with van der Waals surface area (Å²) in [6.07, 6.45) is -1.51. The average Bonchev–Trinajstić information content (AvgIpc) is 3.31. The van der Waals surface area contributed by atoms with Crippen LogP contribution in [0.3, 0.4) is 0 Å². The second-order valence-electron chi connectivity index (χ2n) is 10.3. The molecule has 2 aliphatic heterocycles. The Kier molecular flexibility index (Phi) is 4.64. The lowest BCUT2D eigenvalue weighted by atomic mass is 10.1. The maximum atomic E-state index is 12.8. The summed E-state index contributed by atoms with van der Waals surface area (Å²) in [5, 5.41) is 2.25. The molecule has 31 heavy (non-hydrogen) atoms. The molecular weight excluding hydrogens is 408 g/mol. The van der Waals surface area contributed by atoms with E-state index in [1.54, 1.807) is 0 Å². The number of hydrogen-bond donors (Lipinski definition) is 0. The van der Waals surface area contributed by atoms with Crippen molar-refractivity contribution in [1.29, 1.82) is 0 Å². The van der Waals surface area contributed by atoms with Crippen LogP contribution in [0, 0.1) is 0 Å². The van der Waals surface area contributed by atoms with Crippen molar-refractivity contribution in [2.24, 2.45) is 0 Å². The van der Waals surface area contributed by atoms with Gasteiger partial charge in [0.2, 0.25) is 0 Å². The van der Waals surface area contributed by atoms with Crippen molar-refractivity contribution >= 4 is 24.5 Å². The zero-order valence-electron chi connectivity index (χ0n) is 18.8. The van der Waals surface area contributed by atoms with Crippen LogP contribution in [0.2, 0.25) is 5.04 Å². The molecule has 0 amide bonds. The predicted molar refractivity (Wildman–Crippen MR) is 120 cm³/mol. The zero-order chi connectivity index (χ0) is 22.1. The lowest BCUT2D eigenvalue weighted by molar-refractivity contribution is -0.160. The van der Waals surface area contributed by atoms with Gasteiger partial charge in [0.05, 0.1) is 6.61 Å². The Bertz CT molecular complexity index is 944. The molecule has 3 aliphatic rings. The van der Waals surface area contributed by atoms with Crippen molar-refractivity contribution in [3.8, 4) is 0 Å². The van der Waals surface area contributed by atoms with E-state index in [9.17, 15) is 4.79 Å². The molecule has 0 N–H and O–H groups in total. The lowest BCUT2D eigenvalue weighted by Gasteiger charge is -2.43. The summed E-state index contributed by atoms with van der Waals surface area (Å²) in [6, 6.07) is 21.0. The molecule has 2 saturated heterocycles. The van der Waals surface area contributed by atoms with Crippen LogP contribution in [0.5, 0.6) is 0 Å². The molecule has 1 aliphatic carbocycles. The highest BCUT2D eigenvalue weighted by Gasteiger charge is 2.79. The average molecular weight is 439 g/mol. The number of fused-ring (bicyclic) bond motifs is 3. The van der Waals surface area contributed by atoms with Gasteiger partial charge in [0.15, 0.2) is 29.4 Å². The van der Waals surface area contributed by atoms with E-state index < -0.39 is 38.0 Å². The molecular formula is C25H30O5Si. The highest BCUT2D eigenvalue weighted by atomic mass is 28.4. The third-order valence-electron chi connectivity index (χ3n) is 6.77. The van der Waals surface area contributed by atoms with E-state index in [0.717, 1.165) is 0 Å². The highest BCUT2D eigenvalue weighted by molar-refractivity contribution is 6.99. The summed E-state index contributed by atoms with van der Waals surface area (Å²) >= 11 is 0. The molecule has 0 bridgehead atoms. The first kappa shape index (κ1) is 21.0. The molecule has 164 valence electrons. The number of rotatable bonds is 5. The molecule has 5 rings (SSSR count). The van der Waals surface area contributed by atoms with Crippen molar-refractivity contribution < 1.29 is 23.4 Å². The normalized spacial score (nSPS) is 31.4. The smallest absolute Gasteiger partial charge is 0.261 e. The third kappa shape index (κ3) is 3.08. The molecule has 0 aromatic heterocycles. The first-order valence-electron chi connectivity index (χ1n) is 10.9. The Hall–Kier alpha value is -1.83. The molecule has 6 heteroatoms. The number of carbonyl (C=O) groups is 1. The van der Waals surface area contributed by atoms with Crippen molar-refractivity contribution in [3.05, 3.63) is 60.7 Å². The molecule has 3 unspecified atom stereocenters. The van der Waals surface area contributed by atoms with Crippen molar-refractivity contribution in [3.63, 3.8) is 0 Å². The minimum atomic E-state index is -2.73. The maximum Gasteiger partial charge on any atom is 0.261 e. The van der Waals surface area contributed by atoms with Crippen molar-refractivity contribution in [1.82, 2.24) is 0 Å². The van der Waals surface area contributed by atoms with E-state index in [0.29, 0.717) is 6.61 Å². The molecule has 0 radical (unpaired) electrons. The molecule has 5 nitrogen and oxygen atoms in total.